The van der Waals surface area contributed by atoms with Gasteiger partial charge in [-0.1, -0.05) is 0 Å². The lowest BCUT2D eigenvalue weighted by atomic mass is 10.1. The zero-order chi connectivity index (χ0) is 6.15. The SMILES string of the molecule is CN(C)C1CN(N)C1. The maximum atomic E-state index is 5.41. The monoisotopic (exact) mass is 115 g/mol. The van der Waals surface area contributed by atoms with E-state index < -0.39 is 0 Å². The van der Waals surface area contributed by atoms with Gasteiger partial charge in [0.15, 0.2) is 0 Å². The molecule has 48 valence electrons. The Balaban J connectivity index is 2.15. The molecule has 0 aromatic heterocycles. The first-order valence-corrected chi connectivity index (χ1v) is 2.86. The normalized spacial score (nSPS) is 24.0. The fourth-order valence-corrected chi connectivity index (χ4v) is 0.815. The molecule has 0 saturated carbocycles. The summed E-state index contributed by atoms with van der Waals surface area (Å²) in [6.07, 6.45) is 0. The highest BCUT2D eigenvalue weighted by molar-refractivity contribution is 4.81. The van der Waals surface area contributed by atoms with Crippen LogP contribution in [0.15, 0.2) is 0 Å². The van der Waals surface area contributed by atoms with Gasteiger partial charge in [-0.05, 0) is 14.1 Å². The van der Waals surface area contributed by atoms with Crippen LogP contribution in [0.3, 0.4) is 0 Å². The number of hydrogen-bond donors (Lipinski definition) is 1. The molecule has 1 saturated heterocycles. The molecule has 1 heterocycles. The third-order valence-corrected chi connectivity index (χ3v) is 1.62. The number of rotatable bonds is 1. The van der Waals surface area contributed by atoms with Gasteiger partial charge in [-0.3, -0.25) is 5.84 Å². The predicted molar refractivity (Wildman–Crippen MR) is 33.2 cm³/mol. The third-order valence-electron chi connectivity index (χ3n) is 1.62. The second-order valence-corrected chi connectivity index (χ2v) is 2.57. The minimum atomic E-state index is 0.694. The summed E-state index contributed by atoms with van der Waals surface area (Å²) in [6, 6.07) is 0.694. The maximum Gasteiger partial charge on any atom is 0.0372 e. The van der Waals surface area contributed by atoms with E-state index in [4.69, 9.17) is 5.84 Å². The second-order valence-electron chi connectivity index (χ2n) is 2.57. The summed E-state index contributed by atoms with van der Waals surface area (Å²) in [4.78, 5) is 2.20. The average Bonchev–Trinajstić information content (AvgIpc) is 1.57. The van der Waals surface area contributed by atoms with E-state index in [1.165, 1.54) is 0 Å². The Labute approximate surface area is 50.0 Å². The third kappa shape index (κ3) is 0.992. The van der Waals surface area contributed by atoms with Gasteiger partial charge in [0.1, 0.15) is 0 Å². The second kappa shape index (κ2) is 2.01. The molecule has 0 atom stereocenters. The lowest BCUT2D eigenvalue weighted by Gasteiger charge is -2.39. The van der Waals surface area contributed by atoms with Gasteiger partial charge in [0.05, 0.1) is 0 Å². The van der Waals surface area contributed by atoms with E-state index in [-0.39, 0.29) is 0 Å². The topological polar surface area (TPSA) is 32.5 Å². The number of nitrogens with two attached hydrogens (primary N) is 1. The molecule has 0 radical (unpaired) electrons. The first kappa shape index (κ1) is 6.01. The van der Waals surface area contributed by atoms with Crippen LogP contribution in [0.5, 0.6) is 0 Å². The van der Waals surface area contributed by atoms with Crippen LogP contribution < -0.4 is 5.84 Å². The van der Waals surface area contributed by atoms with Crippen LogP contribution in [-0.4, -0.2) is 43.1 Å². The van der Waals surface area contributed by atoms with Gasteiger partial charge >= 0.3 is 0 Å². The highest BCUT2D eigenvalue weighted by atomic mass is 15.5. The molecular formula is C5H13N3. The first-order chi connectivity index (χ1) is 3.70. The number of hydrogen-bond acceptors (Lipinski definition) is 3. The van der Waals surface area contributed by atoms with E-state index in [2.05, 4.69) is 19.0 Å². The minimum Gasteiger partial charge on any atom is -0.304 e. The fourth-order valence-electron chi connectivity index (χ4n) is 0.815. The number of likely N-dealkylation sites (N-methyl/N-ethyl adjacent to an activating group) is 1. The average molecular weight is 115 g/mol. The molecule has 1 fully saturated rings. The summed E-state index contributed by atoms with van der Waals surface area (Å²) in [7, 11) is 4.16. The van der Waals surface area contributed by atoms with E-state index in [0.29, 0.717) is 6.04 Å². The van der Waals surface area contributed by atoms with Crippen molar-refractivity contribution < 1.29 is 0 Å². The van der Waals surface area contributed by atoms with Crippen molar-refractivity contribution in [1.82, 2.24) is 9.91 Å². The molecule has 0 aromatic carbocycles. The van der Waals surface area contributed by atoms with Crippen LogP contribution in [-0.2, 0) is 0 Å². The minimum absolute atomic E-state index is 0.694. The summed E-state index contributed by atoms with van der Waals surface area (Å²) in [6.45, 7) is 2.04. The maximum absolute atomic E-state index is 5.41. The van der Waals surface area contributed by atoms with E-state index in [0.717, 1.165) is 13.1 Å². The highest BCUT2D eigenvalue weighted by Crippen LogP contribution is 2.05. The van der Waals surface area contributed by atoms with Crippen LogP contribution in [0.1, 0.15) is 0 Å². The van der Waals surface area contributed by atoms with E-state index in [1.807, 2.05) is 5.01 Å². The van der Waals surface area contributed by atoms with Gasteiger partial charge in [-0.2, -0.15) is 0 Å². The summed E-state index contributed by atoms with van der Waals surface area (Å²) in [5.74, 6) is 5.41. The van der Waals surface area contributed by atoms with Crippen LogP contribution in [0.2, 0.25) is 0 Å². The molecule has 8 heavy (non-hydrogen) atoms. The number of hydrazine groups is 1. The number of nitrogens with zero attached hydrogens (tertiary/aromatic N) is 2. The first-order valence-electron chi connectivity index (χ1n) is 2.86. The summed E-state index contributed by atoms with van der Waals surface area (Å²) < 4.78 is 0. The van der Waals surface area contributed by atoms with Crippen molar-refractivity contribution in [1.29, 1.82) is 0 Å². The zero-order valence-electron chi connectivity index (χ0n) is 5.46. The van der Waals surface area contributed by atoms with E-state index in [1.54, 1.807) is 0 Å². The lowest BCUT2D eigenvalue weighted by molar-refractivity contribution is 0.0641. The van der Waals surface area contributed by atoms with Crippen molar-refractivity contribution in [2.45, 2.75) is 6.04 Å². The van der Waals surface area contributed by atoms with Crippen LogP contribution in [0, 0.1) is 0 Å². The molecule has 3 nitrogen and oxygen atoms in total. The smallest absolute Gasteiger partial charge is 0.0372 e. The summed E-state index contributed by atoms with van der Waals surface area (Å²) in [5, 5.41) is 1.82. The Morgan fingerprint density at radius 3 is 2.12 bits per heavy atom. The van der Waals surface area contributed by atoms with E-state index >= 15 is 0 Å². The molecule has 0 spiro atoms. The van der Waals surface area contributed by atoms with Crippen LogP contribution >= 0.6 is 0 Å². The standard InChI is InChI=1S/C5H13N3/c1-7(2)5-3-8(6)4-5/h5H,3-4,6H2,1-2H3. The molecule has 1 rings (SSSR count). The van der Waals surface area contributed by atoms with Gasteiger partial charge in [-0.15, -0.1) is 0 Å². The molecule has 0 aromatic rings. The molecule has 2 N–H and O–H groups in total. The largest absolute Gasteiger partial charge is 0.304 e. The van der Waals surface area contributed by atoms with Gasteiger partial charge in [0.25, 0.3) is 0 Å². The predicted octanol–water partition coefficient (Wildman–Crippen LogP) is -0.894. The molecule has 0 aliphatic carbocycles. The molecule has 0 amide bonds. The van der Waals surface area contributed by atoms with Gasteiger partial charge in [0, 0.05) is 19.1 Å². The molecule has 1 aliphatic heterocycles. The summed E-state index contributed by atoms with van der Waals surface area (Å²) >= 11 is 0. The Bertz CT molecular complexity index is 75.7. The Kier molecular flexibility index (Phi) is 1.51. The lowest BCUT2D eigenvalue weighted by Crippen LogP contribution is -2.60. The van der Waals surface area contributed by atoms with Crippen LogP contribution in [0.4, 0.5) is 0 Å². The molecule has 1 aliphatic rings. The Morgan fingerprint density at radius 1 is 1.50 bits per heavy atom. The van der Waals surface area contributed by atoms with Crippen molar-refractivity contribution >= 4 is 0 Å². The summed E-state index contributed by atoms with van der Waals surface area (Å²) in [5.41, 5.74) is 0. The molecule has 0 bridgehead atoms. The molecular weight excluding hydrogens is 102 g/mol. The zero-order valence-corrected chi connectivity index (χ0v) is 5.46. The van der Waals surface area contributed by atoms with Crippen molar-refractivity contribution in [3.05, 3.63) is 0 Å². The van der Waals surface area contributed by atoms with Crippen LogP contribution in [0.25, 0.3) is 0 Å². The van der Waals surface area contributed by atoms with E-state index in [9.17, 15) is 0 Å². The Morgan fingerprint density at radius 2 is 2.00 bits per heavy atom. The highest BCUT2D eigenvalue weighted by Gasteiger charge is 2.24. The van der Waals surface area contributed by atoms with Crippen molar-refractivity contribution in [3.63, 3.8) is 0 Å². The molecule has 0 unspecified atom stereocenters. The van der Waals surface area contributed by atoms with Gasteiger partial charge in [-0.25, -0.2) is 5.01 Å². The van der Waals surface area contributed by atoms with Crippen molar-refractivity contribution in [2.75, 3.05) is 27.2 Å². The fraction of sp³-hybridized carbons (Fsp3) is 1.00. The van der Waals surface area contributed by atoms with Gasteiger partial charge < -0.3 is 4.90 Å². The van der Waals surface area contributed by atoms with Gasteiger partial charge in [0.2, 0.25) is 0 Å². The Hall–Kier alpha value is -0.120. The van der Waals surface area contributed by atoms with Crippen molar-refractivity contribution in [3.8, 4) is 0 Å². The molecule has 3 heteroatoms. The van der Waals surface area contributed by atoms with Crippen molar-refractivity contribution in [2.24, 2.45) is 5.84 Å². The quantitative estimate of drug-likeness (QED) is 0.450.